The molecule has 0 radical (unpaired) electrons. The molecule has 0 aliphatic carbocycles. The van der Waals surface area contributed by atoms with E-state index in [9.17, 15) is 18.0 Å². The second-order valence-electron chi connectivity index (χ2n) is 13.9. The molecule has 4 aromatic rings. The van der Waals surface area contributed by atoms with Gasteiger partial charge in [0, 0.05) is 59.5 Å². The molecule has 0 bridgehead atoms. The summed E-state index contributed by atoms with van der Waals surface area (Å²) in [6.07, 6.45) is 1.31. The summed E-state index contributed by atoms with van der Waals surface area (Å²) in [5, 5.41) is 3.32. The molecule has 53 heavy (non-hydrogen) atoms. The van der Waals surface area contributed by atoms with Crippen molar-refractivity contribution in [3.63, 3.8) is 0 Å². The third kappa shape index (κ3) is 8.00. The van der Waals surface area contributed by atoms with Crippen LogP contribution in [0.5, 0.6) is 5.75 Å². The molecule has 0 unspecified atom stereocenters. The largest absolute Gasteiger partial charge is 0.487 e. The van der Waals surface area contributed by atoms with E-state index in [0.717, 1.165) is 6.07 Å². The topological polar surface area (TPSA) is 149 Å². The van der Waals surface area contributed by atoms with Crippen molar-refractivity contribution in [3.8, 4) is 16.9 Å². The van der Waals surface area contributed by atoms with Gasteiger partial charge in [-0.1, -0.05) is 18.2 Å². The second-order valence-corrected chi connectivity index (χ2v) is 16.0. The Morgan fingerprint density at radius 3 is 2.47 bits per heavy atom. The van der Waals surface area contributed by atoms with Crippen molar-refractivity contribution in [1.29, 1.82) is 0 Å². The first-order valence-electron chi connectivity index (χ1n) is 16.8. The highest BCUT2D eigenvalue weighted by Crippen LogP contribution is 2.44. The SMILES string of the molecule is C=C(C)c1c(NS(=O)(=O)c2cc(Cl)cc3c2OC[C@H]3OC(C)=O)ccc(F)c1-c1ccc2nc(NC3CCN(C(=O)OC(C)(C)C)CC3)ncc2c1F. The van der Waals surface area contributed by atoms with Crippen LogP contribution in [0.2, 0.25) is 5.02 Å². The molecular formula is C37H38ClF2N5O7S. The normalized spacial score (nSPS) is 16.2. The first-order valence-corrected chi connectivity index (χ1v) is 18.6. The molecule has 2 N–H and O–H groups in total. The fourth-order valence-electron chi connectivity index (χ4n) is 6.35. The number of carbonyl (C=O) groups is 2. The van der Waals surface area contributed by atoms with Gasteiger partial charge in [0.15, 0.2) is 6.10 Å². The Morgan fingerprint density at radius 1 is 1.09 bits per heavy atom. The zero-order valence-corrected chi connectivity index (χ0v) is 31.3. The van der Waals surface area contributed by atoms with Gasteiger partial charge in [0.25, 0.3) is 10.0 Å². The van der Waals surface area contributed by atoms with Crippen molar-refractivity contribution >= 4 is 61.8 Å². The summed E-state index contributed by atoms with van der Waals surface area (Å²) in [6, 6.07) is 7.73. The monoisotopic (exact) mass is 769 g/mol. The number of likely N-dealkylation sites (tertiary alicyclic amines) is 1. The first kappa shape index (κ1) is 37.7. The van der Waals surface area contributed by atoms with E-state index < -0.39 is 39.3 Å². The number of hydrogen-bond acceptors (Lipinski definition) is 10. The highest BCUT2D eigenvalue weighted by molar-refractivity contribution is 7.92. The van der Waals surface area contributed by atoms with Crippen molar-refractivity contribution in [2.75, 3.05) is 29.7 Å². The number of rotatable bonds is 8. The number of sulfonamides is 1. The lowest BCUT2D eigenvalue weighted by Crippen LogP contribution is -2.44. The van der Waals surface area contributed by atoms with Crippen molar-refractivity contribution in [3.05, 3.63) is 77.0 Å². The number of nitrogens with zero attached hydrogens (tertiary/aromatic N) is 3. The smallest absolute Gasteiger partial charge is 0.410 e. The number of anilines is 2. The van der Waals surface area contributed by atoms with Crippen LogP contribution in [0.4, 0.5) is 25.2 Å². The van der Waals surface area contributed by atoms with Gasteiger partial charge in [-0.15, -0.1) is 0 Å². The predicted octanol–water partition coefficient (Wildman–Crippen LogP) is 7.87. The van der Waals surface area contributed by atoms with Crippen LogP contribution in [0.25, 0.3) is 27.6 Å². The van der Waals surface area contributed by atoms with Crippen LogP contribution >= 0.6 is 11.6 Å². The van der Waals surface area contributed by atoms with Gasteiger partial charge in [-0.05, 0) is 82.5 Å². The van der Waals surface area contributed by atoms with Crippen LogP contribution in [0.3, 0.4) is 0 Å². The second kappa shape index (κ2) is 14.4. The predicted molar refractivity (Wildman–Crippen MR) is 196 cm³/mol. The molecular weight excluding hydrogens is 732 g/mol. The van der Waals surface area contributed by atoms with Crippen LogP contribution in [-0.2, 0) is 24.3 Å². The molecule has 1 saturated heterocycles. The number of aromatic nitrogens is 2. The number of piperidine rings is 1. The van der Waals surface area contributed by atoms with E-state index in [1.54, 1.807) is 4.90 Å². The maximum Gasteiger partial charge on any atom is 0.410 e. The van der Waals surface area contributed by atoms with E-state index in [4.69, 9.17) is 25.8 Å². The highest BCUT2D eigenvalue weighted by atomic mass is 35.5. The molecule has 1 amide bonds. The molecule has 6 rings (SSSR count). The zero-order valence-electron chi connectivity index (χ0n) is 29.7. The van der Waals surface area contributed by atoms with Gasteiger partial charge in [-0.2, -0.15) is 0 Å². The van der Waals surface area contributed by atoms with Gasteiger partial charge in [-0.25, -0.2) is 32.0 Å². The minimum absolute atomic E-state index is 0.0137. The highest BCUT2D eigenvalue weighted by Gasteiger charge is 2.35. The Bertz CT molecular complexity index is 2260. The lowest BCUT2D eigenvalue weighted by atomic mass is 9.92. The van der Waals surface area contributed by atoms with Crippen LogP contribution in [0, 0.1) is 11.6 Å². The fourth-order valence-corrected chi connectivity index (χ4v) is 7.91. The van der Waals surface area contributed by atoms with Gasteiger partial charge < -0.3 is 24.4 Å². The average molecular weight is 770 g/mol. The van der Waals surface area contributed by atoms with Gasteiger partial charge in [0.05, 0.1) is 16.6 Å². The molecule has 1 aromatic heterocycles. The molecule has 1 atom stereocenters. The molecule has 0 saturated carbocycles. The summed E-state index contributed by atoms with van der Waals surface area (Å²) in [7, 11) is -4.47. The minimum Gasteiger partial charge on any atom is -0.487 e. The standard InChI is InChI=1S/C37H38ClF2N5O7S/c1-19(2)31-28(44-53(48,49)30-16-21(38)15-24-29(51-20(3)46)18-50-34(24)30)10-8-26(39)32(31)23-7-9-27-25(33(23)40)17-41-35(43-27)42-22-11-13-45(14-12-22)36(47)52-37(4,5)6/h7-10,15-17,22,29,44H,1,11-14,18H2,2-6H3,(H,41,42,43)/t29-/m1/s1. The molecule has 12 nitrogen and oxygen atoms in total. The molecule has 2 aliphatic rings. The summed E-state index contributed by atoms with van der Waals surface area (Å²) in [4.78, 5) is 34.2. The van der Waals surface area contributed by atoms with Crippen molar-refractivity contribution < 1.29 is 41.0 Å². The Hall–Kier alpha value is -5.02. The fraction of sp³-hybridized carbons (Fsp3) is 0.351. The van der Waals surface area contributed by atoms with E-state index in [2.05, 4.69) is 26.6 Å². The lowest BCUT2D eigenvalue weighted by Gasteiger charge is -2.33. The van der Waals surface area contributed by atoms with Crippen LogP contribution in [-0.4, -0.2) is 66.7 Å². The number of fused-ring (bicyclic) bond motifs is 2. The molecule has 0 spiro atoms. The van der Waals surface area contributed by atoms with Gasteiger partial charge in [-0.3, -0.25) is 9.52 Å². The number of benzene rings is 3. The van der Waals surface area contributed by atoms with Gasteiger partial charge in [0.1, 0.15) is 34.5 Å². The van der Waals surface area contributed by atoms with E-state index in [1.165, 1.54) is 50.4 Å². The summed E-state index contributed by atoms with van der Waals surface area (Å²) in [5.41, 5.74) is -0.269. The number of nitrogens with one attached hydrogen (secondary N) is 2. The summed E-state index contributed by atoms with van der Waals surface area (Å²) < 4.78 is 78.6. The summed E-state index contributed by atoms with van der Waals surface area (Å²) in [6.45, 7) is 13.0. The number of halogens is 3. The Morgan fingerprint density at radius 2 is 1.81 bits per heavy atom. The summed E-state index contributed by atoms with van der Waals surface area (Å²) in [5.74, 6) is -2.01. The lowest BCUT2D eigenvalue weighted by molar-refractivity contribution is -0.147. The molecule has 280 valence electrons. The third-order valence-corrected chi connectivity index (χ3v) is 10.2. The molecule has 1 fully saturated rings. The number of esters is 1. The number of allylic oxidation sites excluding steroid dienone is 1. The van der Waals surface area contributed by atoms with E-state index in [0.29, 0.717) is 25.9 Å². The van der Waals surface area contributed by atoms with Crippen molar-refractivity contribution in [2.45, 2.75) is 70.1 Å². The van der Waals surface area contributed by atoms with Crippen LogP contribution < -0.4 is 14.8 Å². The Balaban J connectivity index is 1.27. The third-order valence-electron chi connectivity index (χ3n) is 8.65. The quantitative estimate of drug-likeness (QED) is 0.170. The molecule has 3 aromatic carbocycles. The number of hydrogen-bond donors (Lipinski definition) is 2. The minimum atomic E-state index is -4.47. The van der Waals surface area contributed by atoms with Crippen LogP contribution in [0.15, 0.2) is 54.1 Å². The number of carbonyl (C=O) groups excluding carboxylic acids is 2. The van der Waals surface area contributed by atoms with Gasteiger partial charge >= 0.3 is 12.1 Å². The van der Waals surface area contributed by atoms with Gasteiger partial charge in [0.2, 0.25) is 5.95 Å². The molecule has 2 aliphatic heterocycles. The van der Waals surface area contributed by atoms with Crippen molar-refractivity contribution in [2.24, 2.45) is 0 Å². The number of amides is 1. The number of ether oxygens (including phenoxy) is 3. The van der Waals surface area contributed by atoms with E-state index >= 15 is 8.78 Å². The summed E-state index contributed by atoms with van der Waals surface area (Å²) >= 11 is 6.28. The molecule has 16 heteroatoms. The van der Waals surface area contributed by atoms with E-state index in [-0.39, 0.29) is 84.8 Å². The maximum atomic E-state index is 16.3. The van der Waals surface area contributed by atoms with Crippen molar-refractivity contribution in [1.82, 2.24) is 14.9 Å². The molecule has 3 heterocycles. The Labute approximate surface area is 310 Å². The Kier molecular flexibility index (Phi) is 10.3. The first-order chi connectivity index (χ1) is 24.9. The maximum absolute atomic E-state index is 16.3. The van der Waals surface area contributed by atoms with E-state index in [1.807, 2.05) is 20.8 Å². The average Bonchev–Trinajstić information content (AvgIpc) is 3.46. The van der Waals surface area contributed by atoms with Crippen LogP contribution in [0.1, 0.15) is 64.7 Å². The zero-order chi connectivity index (χ0) is 38.4.